The van der Waals surface area contributed by atoms with Crippen LogP contribution in [-0.4, -0.2) is 11.6 Å². The van der Waals surface area contributed by atoms with E-state index in [-0.39, 0.29) is 11.6 Å². The molecule has 0 aliphatic rings. The summed E-state index contributed by atoms with van der Waals surface area (Å²) in [6.07, 6.45) is 10.6. The maximum atomic E-state index is 11.5. The summed E-state index contributed by atoms with van der Waals surface area (Å²) < 4.78 is 5.29. The molecule has 20 heavy (non-hydrogen) atoms. The highest BCUT2D eigenvalue weighted by Gasteiger charge is 2.15. The molecule has 0 amide bonds. The average molecular weight is 284 g/mol. The SMILES string of the molecule is CC(C)(C)CCCCCCCCCC(=O)OC(C)(C)C. The molecule has 2 heteroatoms. The highest BCUT2D eigenvalue weighted by Crippen LogP contribution is 2.22. The number of esters is 1. The Morgan fingerprint density at radius 3 is 1.65 bits per heavy atom. The van der Waals surface area contributed by atoms with E-state index in [9.17, 15) is 4.79 Å². The summed E-state index contributed by atoms with van der Waals surface area (Å²) in [5.41, 5.74) is 0.136. The van der Waals surface area contributed by atoms with Gasteiger partial charge < -0.3 is 4.74 Å². The number of hydrogen-bond acceptors (Lipinski definition) is 2. The van der Waals surface area contributed by atoms with Gasteiger partial charge in [-0.3, -0.25) is 4.79 Å². The molecule has 120 valence electrons. The first kappa shape index (κ1) is 19.5. The Bertz CT molecular complexity index is 256. The van der Waals surface area contributed by atoms with Crippen molar-refractivity contribution in [3.05, 3.63) is 0 Å². The fourth-order valence-electron chi connectivity index (χ4n) is 2.20. The maximum Gasteiger partial charge on any atom is 0.306 e. The van der Waals surface area contributed by atoms with E-state index < -0.39 is 0 Å². The van der Waals surface area contributed by atoms with Crippen LogP contribution in [0.1, 0.15) is 99.3 Å². The van der Waals surface area contributed by atoms with E-state index in [0.29, 0.717) is 11.8 Å². The third kappa shape index (κ3) is 15.5. The van der Waals surface area contributed by atoms with Crippen LogP contribution < -0.4 is 0 Å². The van der Waals surface area contributed by atoms with E-state index in [1.54, 1.807) is 0 Å². The van der Waals surface area contributed by atoms with Crippen LogP contribution in [0.5, 0.6) is 0 Å². The van der Waals surface area contributed by atoms with E-state index in [0.717, 1.165) is 12.8 Å². The largest absolute Gasteiger partial charge is 0.460 e. The molecule has 0 fully saturated rings. The summed E-state index contributed by atoms with van der Waals surface area (Å²) in [7, 11) is 0. The van der Waals surface area contributed by atoms with Gasteiger partial charge in [-0.05, 0) is 39.0 Å². The second-order valence-electron chi connectivity index (χ2n) is 8.12. The predicted octanol–water partition coefficient (Wildman–Crippen LogP) is 5.89. The minimum Gasteiger partial charge on any atom is -0.460 e. The molecule has 0 radical (unpaired) electrons. The minimum absolute atomic E-state index is 0.0531. The summed E-state index contributed by atoms with van der Waals surface area (Å²) in [6, 6.07) is 0. The summed E-state index contributed by atoms with van der Waals surface area (Å²) in [4.78, 5) is 11.5. The van der Waals surface area contributed by atoms with Crippen molar-refractivity contribution in [2.24, 2.45) is 5.41 Å². The highest BCUT2D eigenvalue weighted by atomic mass is 16.6. The van der Waals surface area contributed by atoms with Crippen LogP contribution in [0.3, 0.4) is 0 Å². The van der Waals surface area contributed by atoms with Crippen LogP contribution in [0.15, 0.2) is 0 Å². The molecular formula is C18H36O2. The van der Waals surface area contributed by atoms with Crippen molar-refractivity contribution in [1.82, 2.24) is 0 Å². The van der Waals surface area contributed by atoms with Gasteiger partial charge in [0.1, 0.15) is 5.60 Å². The monoisotopic (exact) mass is 284 g/mol. The lowest BCUT2D eigenvalue weighted by molar-refractivity contribution is -0.154. The van der Waals surface area contributed by atoms with Gasteiger partial charge in [-0.25, -0.2) is 0 Å². The average Bonchev–Trinajstić information content (AvgIpc) is 2.22. The quantitative estimate of drug-likeness (QED) is 0.390. The third-order valence-electron chi connectivity index (χ3n) is 3.23. The van der Waals surface area contributed by atoms with Crippen molar-refractivity contribution < 1.29 is 9.53 Å². The van der Waals surface area contributed by atoms with Crippen LogP contribution in [0.2, 0.25) is 0 Å². The molecule has 0 heterocycles. The zero-order valence-corrected chi connectivity index (χ0v) is 14.7. The first-order valence-electron chi connectivity index (χ1n) is 8.32. The normalized spacial score (nSPS) is 12.5. The second kappa shape index (κ2) is 9.41. The summed E-state index contributed by atoms with van der Waals surface area (Å²) in [5, 5.41) is 0. The molecule has 0 aliphatic carbocycles. The number of unbranched alkanes of at least 4 members (excludes halogenated alkanes) is 6. The van der Waals surface area contributed by atoms with Gasteiger partial charge in [0, 0.05) is 6.42 Å². The molecule has 0 saturated carbocycles. The molecule has 0 N–H and O–H groups in total. The van der Waals surface area contributed by atoms with Crippen molar-refractivity contribution in [3.63, 3.8) is 0 Å². The van der Waals surface area contributed by atoms with E-state index in [2.05, 4.69) is 20.8 Å². The molecule has 2 nitrogen and oxygen atoms in total. The number of rotatable bonds is 9. The zero-order chi connectivity index (χ0) is 15.6. The van der Waals surface area contributed by atoms with Gasteiger partial charge in [0.25, 0.3) is 0 Å². The fraction of sp³-hybridized carbons (Fsp3) is 0.944. The van der Waals surface area contributed by atoms with Gasteiger partial charge in [0.05, 0.1) is 0 Å². The molecule has 0 saturated heterocycles. The Hall–Kier alpha value is -0.530. The minimum atomic E-state index is -0.343. The Balaban J connectivity index is 3.31. The van der Waals surface area contributed by atoms with Gasteiger partial charge in [0.15, 0.2) is 0 Å². The third-order valence-corrected chi connectivity index (χ3v) is 3.23. The Morgan fingerprint density at radius 1 is 0.750 bits per heavy atom. The molecule has 0 unspecified atom stereocenters. The van der Waals surface area contributed by atoms with Gasteiger partial charge >= 0.3 is 5.97 Å². The molecule has 0 aliphatic heterocycles. The van der Waals surface area contributed by atoms with Gasteiger partial charge in [-0.2, -0.15) is 0 Å². The Labute approximate surface area is 126 Å². The second-order valence-corrected chi connectivity index (χ2v) is 8.12. The fourth-order valence-corrected chi connectivity index (χ4v) is 2.20. The topological polar surface area (TPSA) is 26.3 Å². The molecule has 0 atom stereocenters. The lowest BCUT2D eigenvalue weighted by atomic mass is 9.89. The van der Waals surface area contributed by atoms with Crippen molar-refractivity contribution in [3.8, 4) is 0 Å². The number of carbonyl (C=O) groups excluding carboxylic acids is 1. The smallest absolute Gasteiger partial charge is 0.306 e. The molecule has 0 aromatic carbocycles. The predicted molar refractivity (Wildman–Crippen MR) is 86.9 cm³/mol. The molecule has 0 aromatic heterocycles. The van der Waals surface area contributed by atoms with E-state index in [1.165, 1.54) is 38.5 Å². The maximum absolute atomic E-state index is 11.5. The highest BCUT2D eigenvalue weighted by molar-refractivity contribution is 5.69. The number of ether oxygens (including phenoxy) is 1. The van der Waals surface area contributed by atoms with Crippen molar-refractivity contribution in [1.29, 1.82) is 0 Å². The van der Waals surface area contributed by atoms with Crippen LogP contribution in [-0.2, 0) is 9.53 Å². The van der Waals surface area contributed by atoms with Crippen molar-refractivity contribution in [2.45, 2.75) is 105 Å². The molecule has 0 bridgehead atoms. The number of carbonyl (C=O) groups is 1. The Morgan fingerprint density at radius 2 is 1.20 bits per heavy atom. The number of hydrogen-bond donors (Lipinski definition) is 0. The van der Waals surface area contributed by atoms with Gasteiger partial charge in [-0.1, -0.05) is 59.3 Å². The van der Waals surface area contributed by atoms with Crippen molar-refractivity contribution >= 4 is 5.97 Å². The van der Waals surface area contributed by atoms with E-state index in [1.807, 2.05) is 20.8 Å². The zero-order valence-electron chi connectivity index (χ0n) is 14.7. The molecule has 0 spiro atoms. The molecular weight excluding hydrogens is 248 g/mol. The van der Waals surface area contributed by atoms with Crippen LogP contribution in [0.4, 0.5) is 0 Å². The molecule has 0 aromatic rings. The van der Waals surface area contributed by atoms with Crippen LogP contribution in [0, 0.1) is 5.41 Å². The first-order valence-corrected chi connectivity index (χ1v) is 8.32. The summed E-state index contributed by atoms with van der Waals surface area (Å²) in [6.45, 7) is 12.7. The Kier molecular flexibility index (Phi) is 9.16. The van der Waals surface area contributed by atoms with Gasteiger partial charge in [-0.15, -0.1) is 0 Å². The summed E-state index contributed by atoms with van der Waals surface area (Å²) in [5.74, 6) is -0.0531. The van der Waals surface area contributed by atoms with Crippen LogP contribution >= 0.6 is 0 Å². The lowest BCUT2D eigenvalue weighted by Gasteiger charge is -2.19. The van der Waals surface area contributed by atoms with Crippen molar-refractivity contribution in [2.75, 3.05) is 0 Å². The first-order chi connectivity index (χ1) is 9.10. The van der Waals surface area contributed by atoms with Gasteiger partial charge in [0.2, 0.25) is 0 Å². The molecule has 0 rings (SSSR count). The van der Waals surface area contributed by atoms with E-state index in [4.69, 9.17) is 4.74 Å². The standard InChI is InChI=1S/C18H36O2/c1-17(2,3)15-13-11-9-7-8-10-12-14-16(19)20-18(4,5)6/h7-15H2,1-6H3. The summed E-state index contributed by atoms with van der Waals surface area (Å²) >= 11 is 0. The van der Waals surface area contributed by atoms with E-state index >= 15 is 0 Å². The van der Waals surface area contributed by atoms with Crippen LogP contribution in [0.25, 0.3) is 0 Å². The lowest BCUT2D eigenvalue weighted by Crippen LogP contribution is -2.23.